The van der Waals surface area contributed by atoms with Crippen LogP contribution in [0.1, 0.15) is 34.1 Å². The van der Waals surface area contributed by atoms with E-state index in [1.165, 1.54) is 0 Å². The van der Waals surface area contributed by atoms with Gasteiger partial charge >= 0.3 is 0 Å². The fraction of sp³-hybridized carbons (Fsp3) is 0.909. The minimum atomic E-state index is -3.41. The van der Waals surface area contributed by atoms with Crippen LogP contribution in [0.25, 0.3) is 0 Å². The maximum atomic E-state index is 11.8. The highest BCUT2D eigenvalue weighted by atomic mass is 32.2. The monoisotopic (exact) mass is 247 g/mol. The molecule has 1 aliphatic heterocycles. The summed E-state index contributed by atoms with van der Waals surface area (Å²) in [5, 5.41) is 0. The highest BCUT2D eigenvalue weighted by Gasteiger charge is 2.49. The van der Waals surface area contributed by atoms with Gasteiger partial charge in [0, 0.05) is 18.4 Å². The average molecular weight is 247 g/mol. The Balaban J connectivity index is 3.10. The number of carbonyl (C=O) groups is 1. The third-order valence-electron chi connectivity index (χ3n) is 3.90. The van der Waals surface area contributed by atoms with E-state index in [4.69, 9.17) is 0 Å². The van der Waals surface area contributed by atoms with Crippen LogP contribution in [0.4, 0.5) is 0 Å². The molecule has 0 bridgehead atoms. The molecular formula is C11H21NO3S. The van der Waals surface area contributed by atoms with Crippen molar-refractivity contribution in [2.75, 3.05) is 12.8 Å². The molecule has 1 amide bonds. The Hall–Kier alpha value is -0.580. The summed E-state index contributed by atoms with van der Waals surface area (Å²) in [7, 11) is -3.41. The van der Waals surface area contributed by atoms with Gasteiger partial charge in [-0.25, -0.2) is 12.7 Å². The molecule has 1 saturated heterocycles. The van der Waals surface area contributed by atoms with Crippen LogP contribution in [0.3, 0.4) is 0 Å². The van der Waals surface area contributed by atoms with Gasteiger partial charge in [-0.15, -0.1) is 0 Å². The van der Waals surface area contributed by atoms with Crippen LogP contribution in [0.2, 0.25) is 0 Å². The number of nitrogens with zero attached hydrogens (tertiary/aromatic N) is 1. The SMILES string of the molecule is CC(C)C1(C(C)C)CC(=O)N(S(C)(=O)=O)C1. The summed E-state index contributed by atoms with van der Waals surface area (Å²) in [6.45, 7) is 8.55. The average Bonchev–Trinajstić information content (AvgIpc) is 2.43. The molecular weight excluding hydrogens is 226 g/mol. The van der Waals surface area contributed by atoms with Crippen molar-refractivity contribution in [1.82, 2.24) is 4.31 Å². The van der Waals surface area contributed by atoms with Crippen LogP contribution in [0, 0.1) is 17.3 Å². The molecule has 0 aromatic rings. The van der Waals surface area contributed by atoms with E-state index in [9.17, 15) is 13.2 Å². The summed E-state index contributed by atoms with van der Waals surface area (Å²) in [6.07, 6.45) is 1.44. The van der Waals surface area contributed by atoms with Crippen LogP contribution in [0.15, 0.2) is 0 Å². The predicted octanol–water partition coefficient (Wildman–Crippen LogP) is 1.48. The van der Waals surface area contributed by atoms with Crippen molar-refractivity contribution in [1.29, 1.82) is 0 Å². The molecule has 1 fully saturated rings. The molecule has 0 aromatic heterocycles. The van der Waals surface area contributed by atoms with Gasteiger partial charge in [0.15, 0.2) is 0 Å². The largest absolute Gasteiger partial charge is 0.274 e. The third-order valence-corrected chi connectivity index (χ3v) is 5.03. The van der Waals surface area contributed by atoms with Gasteiger partial charge in [0.25, 0.3) is 0 Å². The van der Waals surface area contributed by atoms with E-state index in [1.807, 2.05) is 0 Å². The third kappa shape index (κ3) is 2.10. The van der Waals surface area contributed by atoms with Crippen molar-refractivity contribution in [2.45, 2.75) is 34.1 Å². The Kier molecular flexibility index (Phi) is 3.39. The maximum absolute atomic E-state index is 11.8. The fourth-order valence-electron chi connectivity index (χ4n) is 2.52. The lowest BCUT2D eigenvalue weighted by molar-refractivity contribution is -0.124. The number of amides is 1. The normalized spacial score (nSPS) is 21.2. The molecule has 0 aromatic carbocycles. The van der Waals surface area contributed by atoms with Crippen molar-refractivity contribution in [2.24, 2.45) is 17.3 Å². The zero-order valence-corrected chi connectivity index (χ0v) is 11.5. The highest BCUT2D eigenvalue weighted by molar-refractivity contribution is 7.88. The Morgan fingerprint density at radius 2 is 1.62 bits per heavy atom. The van der Waals surface area contributed by atoms with Crippen molar-refractivity contribution >= 4 is 15.9 Å². The molecule has 0 N–H and O–H groups in total. The predicted molar refractivity (Wildman–Crippen MR) is 63.3 cm³/mol. The smallest absolute Gasteiger partial charge is 0.236 e. The zero-order valence-electron chi connectivity index (χ0n) is 10.6. The van der Waals surface area contributed by atoms with Crippen molar-refractivity contribution < 1.29 is 13.2 Å². The topological polar surface area (TPSA) is 54.5 Å². The molecule has 0 aliphatic carbocycles. The van der Waals surface area contributed by atoms with Gasteiger partial charge in [0.05, 0.1) is 6.26 Å². The Labute approximate surface area is 98.1 Å². The van der Waals surface area contributed by atoms with E-state index < -0.39 is 10.0 Å². The van der Waals surface area contributed by atoms with E-state index >= 15 is 0 Å². The highest BCUT2D eigenvalue weighted by Crippen LogP contribution is 2.45. The summed E-state index contributed by atoms with van der Waals surface area (Å²) >= 11 is 0. The van der Waals surface area contributed by atoms with Crippen LogP contribution < -0.4 is 0 Å². The fourth-order valence-corrected chi connectivity index (χ4v) is 3.43. The minimum absolute atomic E-state index is 0.208. The molecule has 5 heteroatoms. The number of rotatable bonds is 3. The summed E-state index contributed by atoms with van der Waals surface area (Å²) in [5.41, 5.74) is -0.208. The quantitative estimate of drug-likeness (QED) is 0.759. The maximum Gasteiger partial charge on any atom is 0.236 e. The standard InChI is InChI=1S/C11H21NO3S/c1-8(2)11(9(3)4)6-10(13)12(7-11)16(5,14)15/h8-9H,6-7H2,1-5H3. The summed E-state index contributed by atoms with van der Waals surface area (Å²) in [6, 6.07) is 0. The second kappa shape index (κ2) is 4.02. The summed E-state index contributed by atoms with van der Waals surface area (Å²) in [5.74, 6) is 0.330. The summed E-state index contributed by atoms with van der Waals surface area (Å²) < 4.78 is 24.0. The van der Waals surface area contributed by atoms with Crippen molar-refractivity contribution in [3.05, 3.63) is 0 Å². The van der Waals surface area contributed by atoms with E-state index in [0.29, 0.717) is 24.8 Å². The van der Waals surface area contributed by atoms with Gasteiger partial charge in [0.1, 0.15) is 0 Å². The number of hydrogen-bond acceptors (Lipinski definition) is 3. The molecule has 16 heavy (non-hydrogen) atoms. The van der Waals surface area contributed by atoms with Crippen LogP contribution >= 0.6 is 0 Å². The number of carbonyl (C=O) groups excluding carboxylic acids is 1. The van der Waals surface area contributed by atoms with E-state index in [-0.39, 0.29) is 11.3 Å². The van der Waals surface area contributed by atoms with Crippen molar-refractivity contribution in [3.63, 3.8) is 0 Å². The molecule has 0 radical (unpaired) electrons. The van der Waals surface area contributed by atoms with Crippen LogP contribution in [-0.2, 0) is 14.8 Å². The second-order valence-corrected chi connectivity index (χ2v) is 7.29. The lowest BCUT2D eigenvalue weighted by atomic mass is 9.68. The van der Waals surface area contributed by atoms with Gasteiger partial charge < -0.3 is 0 Å². The first kappa shape index (κ1) is 13.5. The number of hydrogen-bond donors (Lipinski definition) is 0. The first-order valence-corrected chi connectivity index (χ1v) is 7.46. The molecule has 1 rings (SSSR count). The lowest BCUT2D eigenvalue weighted by Crippen LogP contribution is -2.38. The molecule has 4 nitrogen and oxygen atoms in total. The zero-order chi connectivity index (χ0) is 12.7. The van der Waals surface area contributed by atoms with E-state index in [0.717, 1.165) is 10.6 Å². The first-order valence-electron chi connectivity index (χ1n) is 5.62. The first-order chi connectivity index (χ1) is 7.11. The van der Waals surface area contributed by atoms with Crippen molar-refractivity contribution in [3.8, 4) is 0 Å². The molecule has 0 unspecified atom stereocenters. The van der Waals surface area contributed by atoms with Gasteiger partial charge in [-0.1, -0.05) is 27.7 Å². The molecule has 94 valence electrons. The Morgan fingerprint density at radius 1 is 1.19 bits per heavy atom. The lowest BCUT2D eigenvalue weighted by Gasteiger charge is -2.36. The second-order valence-electron chi connectivity index (χ2n) is 5.38. The van der Waals surface area contributed by atoms with E-state index in [2.05, 4.69) is 27.7 Å². The number of sulfonamides is 1. The summed E-state index contributed by atoms with van der Waals surface area (Å²) in [4.78, 5) is 11.8. The van der Waals surface area contributed by atoms with Crippen LogP contribution in [0.5, 0.6) is 0 Å². The van der Waals surface area contributed by atoms with E-state index in [1.54, 1.807) is 0 Å². The molecule has 1 heterocycles. The Morgan fingerprint density at radius 3 is 1.81 bits per heavy atom. The van der Waals surface area contributed by atoms with Crippen LogP contribution in [-0.4, -0.2) is 31.4 Å². The molecule has 1 aliphatic rings. The van der Waals surface area contributed by atoms with Gasteiger partial charge in [-0.05, 0) is 11.8 Å². The van der Waals surface area contributed by atoms with Gasteiger partial charge in [-0.2, -0.15) is 0 Å². The van der Waals surface area contributed by atoms with Gasteiger partial charge in [0.2, 0.25) is 15.9 Å². The molecule has 0 atom stereocenters. The molecule has 0 spiro atoms. The Bertz CT molecular complexity index is 376. The minimum Gasteiger partial charge on any atom is -0.274 e. The molecule has 0 saturated carbocycles. The van der Waals surface area contributed by atoms with Gasteiger partial charge in [-0.3, -0.25) is 4.79 Å².